The van der Waals surface area contributed by atoms with Crippen molar-refractivity contribution in [1.29, 1.82) is 0 Å². The first kappa shape index (κ1) is 10.2. The van der Waals surface area contributed by atoms with E-state index in [1.54, 1.807) is 6.07 Å². The monoisotopic (exact) mass is 217 g/mol. The Morgan fingerprint density at radius 3 is 2.50 bits per heavy atom. The summed E-state index contributed by atoms with van der Waals surface area (Å²) in [7, 11) is 0. The van der Waals surface area contributed by atoms with E-state index >= 15 is 0 Å². The smallest absolute Gasteiger partial charge is 0.120 e. The molecule has 0 spiro atoms. The Labute approximate surface area is 96.9 Å². The van der Waals surface area contributed by atoms with Crippen LogP contribution in [-0.4, -0.2) is 23.1 Å². The highest BCUT2D eigenvalue weighted by Crippen LogP contribution is 2.38. The first-order valence-electron chi connectivity index (χ1n) is 6.32. The minimum atomic E-state index is 0.444. The van der Waals surface area contributed by atoms with E-state index in [2.05, 4.69) is 4.90 Å². The Bertz CT molecular complexity index is 365. The molecule has 1 saturated heterocycles. The molecule has 2 nitrogen and oxygen atoms in total. The van der Waals surface area contributed by atoms with E-state index in [0.717, 1.165) is 23.9 Å². The molecule has 0 amide bonds. The molecule has 1 saturated carbocycles. The average molecular weight is 217 g/mol. The molecule has 0 aromatic heterocycles. The van der Waals surface area contributed by atoms with Crippen LogP contribution in [0, 0.1) is 11.8 Å². The third-order valence-corrected chi connectivity index (χ3v) is 4.19. The first-order valence-corrected chi connectivity index (χ1v) is 6.32. The molecule has 1 aliphatic carbocycles. The Morgan fingerprint density at radius 1 is 1.12 bits per heavy atom. The van der Waals surface area contributed by atoms with E-state index < -0.39 is 0 Å². The van der Waals surface area contributed by atoms with Crippen molar-refractivity contribution >= 4 is 0 Å². The average Bonchev–Trinajstić information content (AvgIpc) is 2.81. The number of fused-ring (bicyclic) bond motifs is 1. The second-order valence-corrected chi connectivity index (χ2v) is 5.27. The van der Waals surface area contributed by atoms with Crippen molar-refractivity contribution in [2.75, 3.05) is 13.1 Å². The molecular formula is C14H19NO. The number of likely N-dealkylation sites (tertiary alicyclic amines) is 1. The topological polar surface area (TPSA) is 23.5 Å². The minimum absolute atomic E-state index is 0.444. The van der Waals surface area contributed by atoms with E-state index in [-0.39, 0.29) is 0 Å². The number of hydrogen-bond acceptors (Lipinski definition) is 2. The molecule has 86 valence electrons. The zero-order chi connectivity index (χ0) is 11.0. The number of phenols is 1. The van der Waals surface area contributed by atoms with Crippen LogP contribution < -0.4 is 0 Å². The molecule has 3 rings (SSSR count). The SMILES string of the molecule is Oc1ccccc1CN1CC2CCCC2C1. The maximum Gasteiger partial charge on any atom is 0.120 e. The number of rotatable bonds is 2. The molecule has 2 fully saturated rings. The number of phenolic OH excluding ortho intramolecular Hbond substituents is 1. The molecule has 0 radical (unpaired) electrons. The lowest BCUT2D eigenvalue weighted by atomic mass is 10.0. The number of aromatic hydroxyl groups is 1. The largest absolute Gasteiger partial charge is 0.508 e. The van der Waals surface area contributed by atoms with Gasteiger partial charge in [0.1, 0.15) is 5.75 Å². The Kier molecular flexibility index (Phi) is 2.60. The van der Waals surface area contributed by atoms with Crippen LogP contribution in [0.5, 0.6) is 5.75 Å². The van der Waals surface area contributed by atoms with Crippen LogP contribution in [0.15, 0.2) is 24.3 Å². The van der Waals surface area contributed by atoms with Crippen molar-refractivity contribution in [3.8, 4) is 5.75 Å². The summed E-state index contributed by atoms with van der Waals surface area (Å²) in [5.41, 5.74) is 1.07. The van der Waals surface area contributed by atoms with E-state index in [0.29, 0.717) is 5.75 Å². The van der Waals surface area contributed by atoms with Crippen LogP contribution >= 0.6 is 0 Å². The van der Waals surface area contributed by atoms with Gasteiger partial charge in [-0.1, -0.05) is 24.6 Å². The highest BCUT2D eigenvalue weighted by molar-refractivity contribution is 5.31. The minimum Gasteiger partial charge on any atom is -0.508 e. The Balaban J connectivity index is 1.66. The molecule has 2 aliphatic rings. The second kappa shape index (κ2) is 4.10. The van der Waals surface area contributed by atoms with Crippen LogP contribution in [0.2, 0.25) is 0 Å². The summed E-state index contributed by atoms with van der Waals surface area (Å²) in [6.45, 7) is 3.39. The number of nitrogens with zero attached hydrogens (tertiary/aromatic N) is 1. The van der Waals surface area contributed by atoms with Gasteiger partial charge in [-0.3, -0.25) is 4.90 Å². The van der Waals surface area contributed by atoms with Crippen molar-refractivity contribution in [2.24, 2.45) is 11.8 Å². The normalized spacial score (nSPS) is 29.5. The van der Waals surface area contributed by atoms with Gasteiger partial charge in [0.2, 0.25) is 0 Å². The van der Waals surface area contributed by atoms with Crippen molar-refractivity contribution in [3.05, 3.63) is 29.8 Å². The lowest BCUT2D eigenvalue weighted by molar-refractivity contribution is 0.298. The van der Waals surface area contributed by atoms with Gasteiger partial charge in [-0.15, -0.1) is 0 Å². The molecule has 1 aromatic rings. The van der Waals surface area contributed by atoms with Gasteiger partial charge in [0.25, 0.3) is 0 Å². The molecule has 16 heavy (non-hydrogen) atoms. The number of hydrogen-bond donors (Lipinski definition) is 1. The van der Waals surface area contributed by atoms with Gasteiger partial charge in [-0.25, -0.2) is 0 Å². The molecule has 1 heterocycles. The van der Waals surface area contributed by atoms with Crippen molar-refractivity contribution in [1.82, 2.24) is 4.90 Å². The highest BCUT2D eigenvalue weighted by Gasteiger charge is 2.35. The fourth-order valence-electron chi connectivity index (χ4n) is 3.35. The summed E-state index contributed by atoms with van der Waals surface area (Å²) in [5.74, 6) is 2.32. The maximum atomic E-state index is 9.75. The summed E-state index contributed by atoms with van der Waals surface area (Å²) >= 11 is 0. The quantitative estimate of drug-likeness (QED) is 0.823. The first-order chi connectivity index (χ1) is 7.83. The zero-order valence-corrected chi connectivity index (χ0v) is 9.60. The van der Waals surface area contributed by atoms with E-state index in [9.17, 15) is 5.11 Å². The summed E-state index contributed by atoms with van der Waals surface area (Å²) < 4.78 is 0. The molecule has 2 heteroatoms. The lowest BCUT2D eigenvalue weighted by Gasteiger charge is -2.17. The van der Waals surface area contributed by atoms with Gasteiger partial charge in [0, 0.05) is 25.2 Å². The van der Waals surface area contributed by atoms with E-state index in [4.69, 9.17) is 0 Å². The van der Waals surface area contributed by atoms with Gasteiger partial charge >= 0.3 is 0 Å². The highest BCUT2D eigenvalue weighted by atomic mass is 16.3. The molecule has 1 N–H and O–H groups in total. The van der Waals surface area contributed by atoms with E-state index in [1.807, 2.05) is 18.2 Å². The molecule has 1 aromatic carbocycles. The molecule has 2 atom stereocenters. The molecular weight excluding hydrogens is 198 g/mol. The fraction of sp³-hybridized carbons (Fsp3) is 0.571. The van der Waals surface area contributed by atoms with Gasteiger partial charge in [0.15, 0.2) is 0 Å². The van der Waals surface area contributed by atoms with Crippen molar-refractivity contribution < 1.29 is 5.11 Å². The lowest BCUT2D eigenvalue weighted by Crippen LogP contribution is -2.21. The van der Waals surface area contributed by atoms with Crippen LogP contribution in [0.3, 0.4) is 0 Å². The third kappa shape index (κ3) is 1.82. The summed E-state index contributed by atoms with van der Waals surface area (Å²) in [4.78, 5) is 2.50. The van der Waals surface area contributed by atoms with Crippen LogP contribution in [-0.2, 0) is 6.54 Å². The maximum absolute atomic E-state index is 9.75. The second-order valence-electron chi connectivity index (χ2n) is 5.27. The standard InChI is InChI=1S/C14H19NO/c16-14-7-2-1-4-13(14)10-15-8-11-5-3-6-12(11)9-15/h1-2,4,7,11-12,16H,3,5-6,8-10H2. The van der Waals surface area contributed by atoms with E-state index in [1.165, 1.54) is 32.4 Å². The Morgan fingerprint density at radius 2 is 1.81 bits per heavy atom. The predicted molar refractivity (Wildman–Crippen MR) is 64.2 cm³/mol. The van der Waals surface area contributed by atoms with Gasteiger partial charge < -0.3 is 5.11 Å². The number of para-hydroxylation sites is 1. The summed E-state index contributed by atoms with van der Waals surface area (Å²) in [6.07, 6.45) is 4.27. The van der Waals surface area contributed by atoms with Gasteiger partial charge in [-0.05, 0) is 30.7 Å². The van der Waals surface area contributed by atoms with Crippen molar-refractivity contribution in [3.63, 3.8) is 0 Å². The summed E-state index contributed by atoms with van der Waals surface area (Å²) in [6, 6.07) is 7.71. The molecule has 2 unspecified atom stereocenters. The third-order valence-electron chi connectivity index (χ3n) is 4.19. The van der Waals surface area contributed by atoms with Gasteiger partial charge in [-0.2, -0.15) is 0 Å². The molecule has 1 aliphatic heterocycles. The van der Waals surface area contributed by atoms with Crippen LogP contribution in [0.25, 0.3) is 0 Å². The zero-order valence-electron chi connectivity index (χ0n) is 9.60. The number of benzene rings is 1. The van der Waals surface area contributed by atoms with Crippen LogP contribution in [0.1, 0.15) is 24.8 Å². The Hall–Kier alpha value is -1.02. The summed E-state index contributed by atoms with van der Waals surface area (Å²) in [5, 5.41) is 9.75. The van der Waals surface area contributed by atoms with Crippen molar-refractivity contribution in [2.45, 2.75) is 25.8 Å². The van der Waals surface area contributed by atoms with Gasteiger partial charge in [0.05, 0.1) is 0 Å². The van der Waals surface area contributed by atoms with Crippen LogP contribution in [0.4, 0.5) is 0 Å². The molecule has 0 bridgehead atoms. The fourth-order valence-corrected chi connectivity index (χ4v) is 3.35. The predicted octanol–water partition coefficient (Wildman–Crippen LogP) is 2.62.